The van der Waals surface area contributed by atoms with Crippen LogP contribution in [0.1, 0.15) is 36.2 Å². The summed E-state index contributed by atoms with van der Waals surface area (Å²) < 4.78 is 13.1. The summed E-state index contributed by atoms with van der Waals surface area (Å²) in [5.74, 6) is 0.660. The molecule has 0 radical (unpaired) electrons. The van der Waals surface area contributed by atoms with Crippen molar-refractivity contribution in [2.24, 2.45) is 5.92 Å². The maximum Gasteiger partial charge on any atom is 0.310 e. The normalized spacial score (nSPS) is 17.9. The molecule has 33 heavy (non-hydrogen) atoms. The molecule has 4 heterocycles. The van der Waals surface area contributed by atoms with Crippen molar-refractivity contribution in [1.29, 1.82) is 0 Å². The highest BCUT2D eigenvalue weighted by Gasteiger charge is 2.35. The quantitative estimate of drug-likeness (QED) is 0.355. The molecule has 1 aliphatic heterocycles. The lowest BCUT2D eigenvalue weighted by atomic mass is 9.94. The van der Waals surface area contributed by atoms with E-state index in [1.807, 2.05) is 31.2 Å². The van der Waals surface area contributed by atoms with Gasteiger partial charge < -0.3 is 14.3 Å². The average Bonchev–Trinajstić information content (AvgIpc) is 3.54. The van der Waals surface area contributed by atoms with E-state index in [2.05, 4.69) is 30.9 Å². The Morgan fingerprint density at radius 2 is 2.27 bits per heavy atom. The fourth-order valence-electron chi connectivity index (χ4n) is 4.34. The monoisotopic (exact) mass is 530 g/mol. The Bertz CT molecular complexity index is 1270. The largest absolute Gasteiger partial charge is 0.492 e. The van der Waals surface area contributed by atoms with Gasteiger partial charge in [-0.1, -0.05) is 39.4 Å². The molecule has 0 unspecified atom stereocenters. The number of furan rings is 1. The molecule has 1 saturated heterocycles. The van der Waals surface area contributed by atoms with Crippen molar-refractivity contribution in [2.45, 2.75) is 25.8 Å². The molecule has 2 atom stereocenters. The van der Waals surface area contributed by atoms with E-state index in [1.54, 1.807) is 18.4 Å². The van der Waals surface area contributed by atoms with E-state index in [4.69, 9.17) is 9.15 Å². The number of nitrogens with zero attached hydrogens (tertiary/aromatic N) is 4. The van der Waals surface area contributed by atoms with Crippen molar-refractivity contribution in [3.8, 4) is 17.5 Å². The van der Waals surface area contributed by atoms with Crippen molar-refractivity contribution in [1.82, 2.24) is 19.5 Å². The first-order chi connectivity index (χ1) is 16.0. The number of halogens is 1. The Labute approximate surface area is 202 Å². The third-order valence-electron chi connectivity index (χ3n) is 5.79. The topological polar surface area (TPSA) is 93.1 Å². The summed E-state index contributed by atoms with van der Waals surface area (Å²) in [5, 5.41) is 15.7. The first-order valence-corrected chi connectivity index (χ1v) is 12.4. The number of aromatic hydroxyl groups is 1. The van der Waals surface area contributed by atoms with Crippen molar-refractivity contribution < 1.29 is 19.1 Å². The van der Waals surface area contributed by atoms with E-state index in [0.717, 1.165) is 34.3 Å². The number of hydrogen-bond donors (Lipinski definition) is 1. The fraction of sp³-hybridized carbons (Fsp3) is 0.348. The first kappa shape index (κ1) is 22.1. The van der Waals surface area contributed by atoms with Gasteiger partial charge in [-0.3, -0.25) is 9.69 Å². The van der Waals surface area contributed by atoms with E-state index in [9.17, 15) is 9.90 Å². The lowest BCUT2D eigenvalue weighted by Gasteiger charge is -2.37. The second kappa shape index (κ2) is 9.28. The number of benzene rings is 1. The summed E-state index contributed by atoms with van der Waals surface area (Å²) in [6.07, 6.45) is 3.24. The van der Waals surface area contributed by atoms with Gasteiger partial charge in [0, 0.05) is 11.0 Å². The molecule has 8 nitrogen and oxygen atoms in total. The molecule has 4 aromatic rings. The lowest BCUT2D eigenvalue weighted by molar-refractivity contribution is -0.150. The van der Waals surface area contributed by atoms with Crippen molar-refractivity contribution in [3.63, 3.8) is 0 Å². The molecule has 10 heteroatoms. The first-order valence-electron chi connectivity index (χ1n) is 10.8. The highest BCUT2D eigenvalue weighted by atomic mass is 79.9. The molecule has 0 spiro atoms. The van der Waals surface area contributed by atoms with Crippen LogP contribution in [0.25, 0.3) is 16.5 Å². The lowest BCUT2D eigenvalue weighted by Crippen LogP contribution is -2.41. The van der Waals surface area contributed by atoms with Gasteiger partial charge in [0.15, 0.2) is 5.76 Å². The van der Waals surface area contributed by atoms with Gasteiger partial charge in [-0.2, -0.15) is 9.50 Å². The number of piperidine rings is 1. The number of thiazole rings is 1. The van der Waals surface area contributed by atoms with E-state index >= 15 is 0 Å². The van der Waals surface area contributed by atoms with E-state index in [1.165, 1.54) is 15.9 Å². The molecule has 3 aromatic heterocycles. The van der Waals surface area contributed by atoms with Crippen LogP contribution in [0.2, 0.25) is 0 Å². The highest BCUT2D eigenvalue weighted by Crippen LogP contribution is 2.42. The minimum absolute atomic E-state index is 0.0449. The second-order valence-electron chi connectivity index (χ2n) is 7.94. The van der Waals surface area contributed by atoms with Crippen LogP contribution in [0.15, 0.2) is 51.6 Å². The molecular formula is C23H23BrN4O4S. The summed E-state index contributed by atoms with van der Waals surface area (Å²) in [6.45, 7) is 3.56. The fourth-order valence-corrected chi connectivity index (χ4v) is 5.87. The Morgan fingerprint density at radius 1 is 1.39 bits per heavy atom. The summed E-state index contributed by atoms with van der Waals surface area (Å²) in [7, 11) is 0. The number of aromatic nitrogens is 3. The van der Waals surface area contributed by atoms with Gasteiger partial charge in [0.1, 0.15) is 0 Å². The van der Waals surface area contributed by atoms with Gasteiger partial charge in [-0.15, -0.1) is 5.10 Å². The third-order valence-corrected chi connectivity index (χ3v) is 7.36. The number of esters is 1. The molecule has 1 aromatic carbocycles. The summed E-state index contributed by atoms with van der Waals surface area (Å²) in [5.41, 5.74) is 1.01. The van der Waals surface area contributed by atoms with Crippen LogP contribution < -0.4 is 0 Å². The number of rotatable bonds is 6. The maximum absolute atomic E-state index is 12.5. The maximum atomic E-state index is 12.5. The zero-order chi connectivity index (χ0) is 22.9. The summed E-state index contributed by atoms with van der Waals surface area (Å²) >= 11 is 4.96. The minimum Gasteiger partial charge on any atom is -0.492 e. The highest BCUT2D eigenvalue weighted by molar-refractivity contribution is 9.10. The van der Waals surface area contributed by atoms with Gasteiger partial charge in [-0.25, -0.2) is 0 Å². The Balaban J connectivity index is 1.55. The van der Waals surface area contributed by atoms with Crippen molar-refractivity contribution in [3.05, 3.63) is 57.6 Å². The number of ether oxygens (including phenoxy) is 1. The SMILES string of the molecule is CCOC(=O)[C@H]1CCCN([C@H](c2cccc(Br)c2)c2sc3nc(-c4ccco4)nn3c2O)C1. The predicted molar refractivity (Wildman–Crippen MR) is 127 cm³/mol. The zero-order valence-corrected chi connectivity index (χ0v) is 20.4. The van der Waals surface area contributed by atoms with Gasteiger partial charge in [0.2, 0.25) is 16.7 Å². The van der Waals surface area contributed by atoms with Gasteiger partial charge in [0.05, 0.1) is 29.7 Å². The molecule has 5 rings (SSSR count). The standard InChI is InChI=1S/C23H23BrN4O4S/c1-2-31-22(30)15-7-4-10-27(13-15)18(14-6-3-8-16(24)12-14)19-21(29)28-23(33-19)25-20(26-28)17-9-5-11-32-17/h3,5-6,8-9,11-12,15,18,29H,2,4,7,10,13H2,1H3/t15-,18+/m0/s1. The molecule has 172 valence electrons. The van der Waals surface area contributed by atoms with Crippen LogP contribution in [0.4, 0.5) is 0 Å². The van der Waals surface area contributed by atoms with E-state index in [-0.39, 0.29) is 23.8 Å². The van der Waals surface area contributed by atoms with E-state index in [0.29, 0.717) is 29.7 Å². The van der Waals surface area contributed by atoms with Gasteiger partial charge >= 0.3 is 5.97 Å². The van der Waals surface area contributed by atoms with Crippen LogP contribution in [-0.4, -0.2) is 50.3 Å². The molecule has 0 amide bonds. The molecule has 0 saturated carbocycles. The van der Waals surface area contributed by atoms with Crippen LogP contribution in [0, 0.1) is 5.92 Å². The van der Waals surface area contributed by atoms with Crippen molar-refractivity contribution in [2.75, 3.05) is 19.7 Å². The summed E-state index contributed by atoms with van der Waals surface area (Å²) in [4.78, 5) is 20.6. The zero-order valence-electron chi connectivity index (χ0n) is 18.0. The van der Waals surface area contributed by atoms with Crippen LogP contribution in [0.3, 0.4) is 0 Å². The molecule has 1 fully saturated rings. The Hall–Kier alpha value is -2.69. The van der Waals surface area contributed by atoms with Gasteiger partial charge in [-0.05, 0) is 56.1 Å². The molecule has 0 aliphatic carbocycles. The Kier molecular flexibility index (Phi) is 6.22. The van der Waals surface area contributed by atoms with E-state index < -0.39 is 0 Å². The van der Waals surface area contributed by atoms with Crippen LogP contribution in [-0.2, 0) is 9.53 Å². The number of likely N-dealkylation sites (tertiary alicyclic amines) is 1. The average molecular weight is 531 g/mol. The van der Waals surface area contributed by atoms with Gasteiger partial charge in [0.25, 0.3) is 0 Å². The van der Waals surface area contributed by atoms with Crippen LogP contribution >= 0.6 is 27.3 Å². The number of carbonyl (C=O) groups is 1. The smallest absolute Gasteiger partial charge is 0.310 e. The molecule has 1 aliphatic rings. The number of carbonyl (C=O) groups excluding carboxylic acids is 1. The molecular weight excluding hydrogens is 508 g/mol. The predicted octanol–water partition coefficient (Wildman–Crippen LogP) is 4.88. The minimum atomic E-state index is -0.250. The third kappa shape index (κ3) is 4.30. The molecule has 0 bridgehead atoms. The molecule has 1 N–H and O–H groups in total. The second-order valence-corrected chi connectivity index (χ2v) is 9.87. The summed E-state index contributed by atoms with van der Waals surface area (Å²) in [6, 6.07) is 11.3. The van der Waals surface area contributed by atoms with Crippen molar-refractivity contribution >= 4 is 38.2 Å². The number of fused-ring (bicyclic) bond motifs is 1. The van der Waals surface area contributed by atoms with Crippen LogP contribution in [0.5, 0.6) is 5.88 Å². The Morgan fingerprint density at radius 3 is 3.00 bits per heavy atom. The number of hydrogen-bond acceptors (Lipinski definition) is 8.